The van der Waals surface area contributed by atoms with Gasteiger partial charge in [-0.25, -0.2) is 14.4 Å². The van der Waals surface area contributed by atoms with Gasteiger partial charge in [-0.05, 0) is 69.4 Å². The molecule has 0 fully saturated rings. The van der Waals surface area contributed by atoms with Crippen LogP contribution in [0, 0.1) is 18.7 Å². The Labute approximate surface area is 167 Å². The van der Waals surface area contributed by atoms with E-state index >= 15 is 0 Å². The van der Waals surface area contributed by atoms with Crippen molar-refractivity contribution < 1.29 is 9.18 Å². The molecule has 0 spiro atoms. The molecule has 1 heterocycles. The average Bonchev–Trinajstić information content (AvgIpc) is 2.59. The maximum absolute atomic E-state index is 13.4. The predicted octanol–water partition coefficient (Wildman–Crippen LogP) is 6.29. The van der Waals surface area contributed by atoms with E-state index < -0.39 is 0 Å². The lowest BCUT2D eigenvalue weighted by molar-refractivity contribution is -0.112. The van der Waals surface area contributed by atoms with Crippen molar-refractivity contribution in [3.8, 4) is 11.3 Å². The summed E-state index contributed by atoms with van der Waals surface area (Å²) in [4.78, 5) is 20.6. The highest BCUT2D eigenvalue weighted by molar-refractivity contribution is 5.87. The predicted molar refractivity (Wildman–Crippen MR) is 114 cm³/mol. The highest BCUT2D eigenvalue weighted by atomic mass is 19.1. The molecule has 0 amide bonds. The van der Waals surface area contributed by atoms with Crippen molar-refractivity contribution in [2.24, 2.45) is 5.92 Å². The molecule has 0 saturated carbocycles. The third-order valence-electron chi connectivity index (χ3n) is 4.44. The topological polar surface area (TPSA) is 42.9 Å². The largest absolute Gasteiger partial charge is 0.295 e. The number of benzene rings is 1. The van der Waals surface area contributed by atoms with Crippen LogP contribution in [0.2, 0.25) is 0 Å². The van der Waals surface area contributed by atoms with Crippen LogP contribution >= 0.6 is 0 Å². The molecule has 2 aromatic rings. The molecule has 2 rings (SSSR count). The van der Waals surface area contributed by atoms with Crippen molar-refractivity contribution in [1.82, 2.24) is 9.97 Å². The van der Waals surface area contributed by atoms with E-state index in [-0.39, 0.29) is 23.4 Å². The summed E-state index contributed by atoms with van der Waals surface area (Å²) in [7, 11) is 0. The molecule has 1 aromatic carbocycles. The fourth-order valence-electron chi connectivity index (χ4n) is 3.28. The van der Waals surface area contributed by atoms with Gasteiger partial charge in [-0.3, -0.25) is 4.79 Å². The smallest absolute Gasteiger partial charge is 0.152 e. The SMILES string of the molecule is CC(=O)/C=C(\C)C[C@H](C)/C=C/c1c(-c2ccc(F)cc2)nc(C)nc1C(C)C. The normalized spacial score (nSPS) is 13.4. The second-order valence-corrected chi connectivity index (χ2v) is 7.72. The molecule has 1 atom stereocenters. The van der Waals surface area contributed by atoms with E-state index in [2.05, 4.69) is 42.9 Å². The summed E-state index contributed by atoms with van der Waals surface area (Å²) in [6.45, 7) is 11.8. The summed E-state index contributed by atoms with van der Waals surface area (Å²) in [5.74, 6) is 1.00. The van der Waals surface area contributed by atoms with E-state index in [9.17, 15) is 9.18 Å². The van der Waals surface area contributed by atoms with Crippen LogP contribution in [0.25, 0.3) is 17.3 Å². The Balaban J connectivity index is 2.46. The van der Waals surface area contributed by atoms with Gasteiger partial charge in [-0.15, -0.1) is 0 Å². The van der Waals surface area contributed by atoms with Gasteiger partial charge >= 0.3 is 0 Å². The fourth-order valence-corrected chi connectivity index (χ4v) is 3.28. The van der Waals surface area contributed by atoms with Crippen molar-refractivity contribution in [3.05, 3.63) is 64.9 Å². The zero-order chi connectivity index (χ0) is 20.8. The van der Waals surface area contributed by atoms with Crippen molar-refractivity contribution in [2.75, 3.05) is 0 Å². The van der Waals surface area contributed by atoms with E-state index in [1.807, 2.05) is 13.8 Å². The van der Waals surface area contributed by atoms with E-state index in [0.717, 1.165) is 34.5 Å². The highest BCUT2D eigenvalue weighted by Gasteiger charge is 2.15. The van der Waals surface area contributed by atoms with E-state index in [1.54, 1.807) is 25.1 Å². The minimum absolute atomic E-state index is 0.0707. The number of aryl methyl sites for hydroxylation is 1. The molecule has 0 saturated heterocycles. The molecule has 0 aliphatic rings. The molecular weight excluding hydrogens is 351 g/mol. The van der Waals surface area contributed by atoms with Crippen LogP contribution in [0.3, 0.4) is 0 Å². The third kappa shape index (κ3) is 5.95. The minimum Gasteiger partial charge on any atom is -0.295 e. The molecule has 3 nitrogen and oxygen atoms in total. The Bertz CT molecular complexity index is 896. The third-order valence-corrected chi connectivity index (χ3v) is 4.44. The number of carbonyl (C=O) groups is 1. The number of allylic oxidation sites excluding steroid dienone is 3. The molecule has 4 heteroatoms. The van der Waals surface area contributed by atoms with Crippen LogP contribution in [0.15, 0.2) is 42.0 Å². The summed E-state index contributed by atoms with van der Waals surface area (Å²) in [6.07, 6.45) is 6.69. The monoisotopic (exact) mass is 380 g/mol. The Morgan fingerprint density at radius 1 is 1.11 bits per heavy atom. The molecule has 0 radical (unpaired) electrons. The molecule has 28 heavy (non-hydrogen) atoms. The van der Waals surface area contributed by atoms with Gasteiger partial charge in [-0.1, -0.05) is 38.5 Å². The molecule has 0 aliphatic heterocycles. The zero-order valence-corrected chi connectivity index (χ0v) is 17.6. The quantitative estimate of drug-likeness (QED) is 0.530. The number of ketones is 1. The lowest BCUT2D eigenvalue weighted by Crippen LogP contribution is -2.05. The summed E-state index contributed by atoms with van der Waals surface area (Å²) in [5.41, 5.74) is 4.69. The Kier molecular flexibility index (Phi) is 7.38. The highest BCUT2D eigenvalue weighted by Crippen LogP contribution is 2.30. The lowest BCUT2D eigenvalue weighted by Gasteiger charge is -2.15. The van der Waals surface area contributed by atoms with Crippen LogP contribution in [-0.4, -0.2) is 15.8 Å². The Morgan fingerprint density at radius 2 is 1.75 bits per heavy atom. The Morgan fingerprint density at radius 3 is 2.32 bits per heavy atom. The first-order valence-electron chi connectivity index (χ1n) is 9.67. The second kappa shape index (κ2) is 9.54. The van der Waals surface area contributed by atoms with Crippen LogP contribution in [0.1, 0.15) is 64.0 Å². The first-order chi connectivity index (χ1) is 13.2. The Hall–Kier alpha value is -2.62. The summed E-state index contributed by atoms with van der Waals surface area (Å²) < 4.78 is 13.4. The van der Waals surface area contributed by atoms with Crippen molar-refractivity contribution in [2.45, 2.75) is 53.9 Å². The number of nitrogens with zero attached hydrogens (tertiary/aromatic N) is 2. The van der Waals surface area contributed by atoms with Crippen molar-refractivity contribution in [1.29, 1.82) is 0 Å². The minimum atomic E-state index is -0.267. The summed E-state index contributed by atoms with van der Waals surface area (Å²) in [6, 6.07) is 6.41. The number of hydrogen-bond acceptors (Lipinski definition) is 3. The van der Waals surface area contributed by atoms with E-state index in [0.29, 0.717) is 5.82 Å². The molecule has 0 unspecified atom stereocenters. The van der Waals surface area contributed by atoms with E-state index in [1.165, 1.54) is 12.1 Å². The number of aromatic nitrogens is 2. The first kappa shape index (κ1) is 21.7. The molecule has 1 aromatic heterocycles. The molecule has 0 bridgehead atoms. The lowest BCUT2D eigenvalue weighted by atomic mass is 9.95. The van der Waals surface area contributed by atoms with Gasteiger partial charge in [0.15, 0.2) is 5.78 Å². The average molecular weight is 381 g/mol. The van der Waals surface area contributed by atoms with Gasteiger partial charge in [0.1, 0.15) is 11.6 Å². The summed E-state index contributed by atoms with van der Waals surface area (Å²) >= 11 is 0. The van der Waals surface area contributed by atoms with Crippen LogP contribution in [0.4, 0.5) is 4.39 Å². The fraction of sp³-hybridized carbons (Fsp3) is 0.375. The van der Waals surface area contributed by atoms with E-state index in [4.69, 9.17) is 0 Å². The molecule has 148 valence electrons. The molecule has 0 N–H and O–H groups in total. The number of carbonyl (C=O) groups excluding carboxylic acids is 1. The van der Waals surface area contributed by atoms with Gasteiger partial charge in [-0.2, -0.15) is 0 Å². The standard InChI is InChI=1S/C24H29FN2O/c1-15(2)23-22(12-7-16(3)13-17(4)14-18(5)28)24(27-19(6)26-23)20-8-10-21(25)11-9-20/h7-12,14-16H,13H2,1-6H3/b12-7+,17-14+/t16-/m1/s1. The van der Waals surface area contributed by atoms with Crippen LogP contribution in [-0.2, 0) is 4.79 Å². The van der Waals surface area contributed by atoms with Crippen LogP contribution < -0.4 is 0 Å². The number of halogens is 1. The maximum Gasteiger partial charge on any atom is 0.152 e. The molecule has 0 aliphatic carbocycles. The van der Waals surface area contributed by atoms with Crippen molar-refractivity contribution >= 4 is 11.9 Å². The van der Waals surface area contributed by atoms with Gasteiger partial charge in [0, 0.05) is 11.1 Å². The first-order valence-corrected chi connectivity index (χ1v) is 9.67. The molecular formula is C24H29FN2O. The van der Waals surface area contributed by atoms with Crippen molar-refractivity contribution in [3.63, 3.8) is 0 Å². The van der Waals surface area contributed by atoms with Gasteiger partial charge in [0.05, 0.1) is 11.4 Å². The van der Waals surface area contributed by atoms with Crippen LogP contribution in [0.5, 0.6) is 0 Å². The van der Waals surface area contributed by atoms with Gasteiger partial charge in [0.2, 0.25) is 0 Å². The number of hydrogen-bond donors (Lipinski definition) is 0. The van der Waals surface area contributed by atoms with Gasteiger partial charge < -0.3 is 0 Å². The zero-order valence-electron chi connectivity index (χ0n) is 17.6. The van der Waals surface area contributed by atoms with Gasteiger partial charge in [0.25, 0.3) is 0 Å². The second-order valence-electron chi connectivity index (χ2n) is 7.72. The maximum atomic E-state index is 13.4. The number of rotatable bonds is 7. The summed E-state index contributed by atoms with van der Waals surface area (Å²) in [5, 5.41) is 0.